The van der Waals surface area contributed by atoms with E-state index in [1.165, 1.54) is 0 Å². The van der Waals surface area contributed by atoms with E-state index in [1.54, 1.807) is 11.8 Å². The molecule has 0 fully saturated rings. The second-order valence-corrected chi connectivity index (χ2v) is 7.93. The lowest BCUT2D eigenvalue weighted by Gasteiger charge is -2.06. The number of rotatable bonds is 2. The van der Waals surface area contributed by atoms with Crippen molar-refractivity contribution in [2.45, 2.75) is 10.1 Å². The predicted molar refractivity (Wildman–Crippen MR) is 117 cm³/mol. The van der Waals surface area contributed by atoms with Gasteiger partial charge in [0.1, 0.15) is 15.6 Å². The first kappa shape index (κ1) is 16.4. The SMILES string of the molecule is c1cnc2c(c1)ccc1ccc(Sc3ccc4ccc5ccc[nH+]c5c4n3)nc12. The Hall–Kier alpha value is -3.57. The summed E-state index contributed by atoms with van der Waals surface area (Å²) in [6, 6.07) is 24.8. The Morgan fingerprint density at radius 1 is 0.586 bits per heavy atom. The largest absolute Gasteiger partial charge is 0.254 e. The van der Waals surface area contributed by atoms with Crippen LogP contribution in [0, 0.1) is 0 Å². The molecule has 6 rings (SSSR count). The number of hydrogen-bond donors (Lipinski definition) is 0. The summed E-state index contributed by atoms with van der Waals surface area (Å²) in [5.41, 5.74) is 3.88. The minimum Gasteiger partial charge on any atom is -0.254 e. The summed E-state index contributed by atoms with van der Waals surface area (Å²) in [7, 11) is 0. The number of pyridine rings is 4. The fourth-order valence-electron chi connectivity index (χ4n) is 3.69. The van der Waals surface area contributed by atoms with E-state index in [0.717, 1.165) is 53.7 Å². The van der Waals surface area contributed by atoms with Crippen molar-refractivity contribution < 1.29 is 4.98 Å². The van der Waals surface area contributed by atoms with Crippen molar-refractivity contribution in [1.82, 2.24) is 15.0 Å². The average molecular weight is 391 g/mol. The third kappa shape index (κ3) is 2.79. The van der Waals surface area contributed by atoms with Crippen molar-refractivity contribution in [3.8, 4) is 0 Å². The summed E-state index contributed by atoms with van der Waals surface area (Å²) in [4.78, 5) is 17.7. The molecule has 0 aliphatic heterocycles. The van der Waals surface area contributed by atoms with E-state index in [0.29, 0.717) is 0 Å². The summed E-state index contributed by atoms with van der Waals surface area (Å²) >= 11 is 1.57. The minimum atomic E-state index is 0.909. The van der Waals surface area contributed by atoms with Gasteiger partial charge in [-0.1, -0.05) is 42.1 Å². The van der Waals surface area contributed by atoms with Crippen LogP contribution in [0.3, 0.4) is 0 Å². The van der Waals surface area contributed by atoms with E-state index in [-0.39, 0.29) is 0 Å². The van der Waals surface area contributed by atoms with Gasteiger partial charge in [0.2, 0.25) is 5.52 Å². The lowest BCUT2D eigenvalue weighted by Crippen LogP contribution is -2.02. The topological polar surface area (TPSA) is 52.8 Å². The van der Waals surface area contributed by atoms with Crippen LogP contribution in [-0.2, 0) is 0 Å². The van der Waals surface area contributed by atoms with Crippen LogP contribution in [0.25, 0.3) is 43.6 Å². The van der Waals surface area contributed by atoms with Crippen molar-refractivity contribution in [3.05, 3.63) is 85.2 Å². The molecule has 2 aromatic carbocycles. The summed E-state index contributed by atoms with van der Waals surface area (Å²) in [6.45, 7) is 0. The van der Waals surface area contributed by atoms with Crippen molar-refractivity contribution in [3.63, 3.8) is 0 Å². The van der Waals surface area contributed by atoms with E-state index >= 15 is 0 Å². The van der Waals surface area contributed by atoms with Gasteiger partial charge < -0.3 is 0 Å². The smallest absolute Gasteiger partial charge is 0.237 e. The second kappa shape index (κ2) is 6.50. The van der Waals surface area contributed by atoms with Gasteiger partial charge >= 0.3 is 0 Å². The lowest BCUT2D eigenvalue weighted by atomic mass is 10.1. The highest BCUT2D eigenvalue weighted by molar-refractivity contribution is 7.99. The fourth-order valence-corrected chi connectivity index (χ4v) is 4.45. The molecule has 0 saturated heterocycles. The van der Waals surface area contributed by atoms with Gasteiger partial charge in [-0.15, -0.1) is 0 Å². The highest BCUT2D eigenvalue weighted by Crippen LogP contribution is 2.31. The molecule has 0 saturated carbocycles. The van der Waals surface area contributed by atoms with Gasteiger partial charge in [-0.2, -0.15) is 0 Å². The average Bonchev–Trinajstić information content (AvgIpc) is 2.79. The Balaban J connectivity index is 1.48. The molecular weight excluding hydrogens is 376 g/mol. The Morgan fingerprint density at radius 3 is 2.03 bits per heavy atom. The molecule has 0 amide bonds. The molecule has 5 heteroatoms. The third-order valence-electron chi connectivity index (χ3n) is 5.08. The van der Waals surface area contributed by atoms with Gasteiger partial charge in [0.25, 0.3) is 0 Å². The van der Waals surface area contributed by atoms with Crippen LogP contribution in [0.4, 0.5) is 0 Å². The number of aromatic nitrogens is 4. The molecule has 29 heavy (non-hydrogen) atoms. The second-order valence-electron chi connectivity index (χ2n) is 6.89. The molecule has 1 N–H and O–H groups in total. The third-order valence-corrected chi connectivity index (χ3v) is 5.96. The number of benzene rings is 2. The molecular formula is C24H15N4S+. The van der Waals surface area contributed by atoms with Crippen LogP contribution in [0.15, 0.2) is 95.2 Å². The number of nitrogens with one attached hydrogen (secondary N) is 1. The maximum Gasteiger partial charge on any atom is 0.237 e. The van der Waals surface area contributed by atoms with E-state index in [2.05, 4.69) is 64.6 Å². The number of aromatic amines is 1. The Labute approximate surface area is 170 Å². The van der Waals surface area contributed by atoms with Crippen LogP contribution in [0.1, 0.15) is 0 Å². The first-order valence-electron chi connectivity index (χ1n) is 9.38. The predicted octanol–water partition coefficient (Wildman–Crippen LogP) is 5.45. The summed E-state index contributed by atoms with van der Waals surface area (Å²) in [5, 5.41) is 6.28. The molecule has 0 spiro atoms. The van der Waals surface area contributed by atoms with E-state index < -0.39 is 0 Å². The number of H-pyrrole nitrogens is 1. The Morgan fingerprint density at radius 2 is 1.21 bits per heavy atom. The Kier molecular flexibility index (Phi) is 3.67. The van der Waals surface area contributed by atoms with Gasteiger partial charge in [-0.05, 0) is 36.4 Å². The van der Waals surface area contributed by atoms with E-state index in [4.69, 9.17) is 9.97 Å². The van der Waals surface area contributed by atoms with Gasteiger partial charge in [0.05, 0.1) is 11.0 Å². The number of hydrogen-bond acceptors (Lipinski definition) is 4. The maximum absolute atomic E-state index is 4.92. The lowest BCUT2D eigenvalue weighted by molar-refractivity contribution is -0.343. The number of fused-ring (bicyclic) bond motifs is 6. The molecule has 4 aromatic heterocycles. The molecule has 0 aliphatic carbocycles. The van der Waals surface area contributed by atoms with Crippen LogP contribution in [0.2, 0.25) is 0 Å². The van der Waals surface area contributed by atoms with Crippen LogP contribution < -0.4 is 4.98 Å². The van der Waals surface area contributed by atoms with Crippen molar-refractivity contribution in [2.75, 3.05) is 0 Å². The summed E-state index contributed by atoms with van der Waals surface area (Å²) in [6.07, 6.45) is 3.75. The van der Waals surface area contributed by atoms with Crippen molar-refractivity contribution in [1.29, 1.82) is 0 Å². The van der Waals surface area contributed by atoms with Crippen molar-refractivity contribution in [2.24, 2.45) is 0 Å². The van der Waals surface area contributed by atoms with Gasteiger partial charge in [0, 0.05) is 33.8 Å². The molecule has 6 aromatic rings. The van der Waals surface area contributed by atoms with Crippen molar-refractivity contribution >= 4 is 55.4 Å². The monoisotopic (exact) mass is 391 g/mol. The van der Waals surface area contributed by atoms with Gasteiger partial charge in [-0.3, -0.25) is 4.98 Å². The normalized spacial score (nSPS) is 11.6. The molecule has 4 heterocycles. The highest BCUT2D eigenvalue weighted by Gasteiger charge is 2.11. The van der Waals surface area contributed by atoms with E-state index in [9.17, 15) is 0 Å². The highest BCUT2D eigenvalue weighted by atomic mass is 32.2. The zero-order valence-corrected chi connectivity index (χ0v) is 16.1. The summed E-state index contributed by atoms with van der Waals surface area (Å²) in [5.74, 6) is 0. The fraction of sp³-hybridized carbons (Fsp3) is 0. The number of nitrogens with zero attached hydrogens (tertiary/aromatic N) is 3. The maximum atomic E-state index is 4.92. The zero-order chi connectivity index (χ0) is 19.2. The first-order valence-corrected chi connectivity index (χ1v) is 10.2. The van der Waals surface area contributed by atoms with E-state index in [1.807, 2.05) is 30.6 Å². The molecule has 4 nitrogen and oxygen atoms in total. The molecule has 136 valence electrons. The standard InChI is InChI=1S/C24H14N4S/c1-3-15-5-7-17-9-11-19(27-23(17)21(15)25-13-1)29-20-12-10-18-8-6-16-4-2-14-26-22(16)24(18)28-20/h1-14H/p+1. The zero-order valence-electron chi connectivity index (χ0n) is 15.3. The molecule has 0 bridgehead atoms. The van der Waals surface area contributed by atoms with Crippen LogP contribution in [0.5, 0.6) is 0 Å². The molecule has 0 unspecified atom stereocenters. The van der Waals surface area contributed by atoms with Crippen LogP contribution >= 0.6 is 11.8 Å². The summed E-state index contributed by atoms with van der Waals surface area (Å²) < 4.78 is 0. The minimum absolute atomic E-state index is 0.909. The molecule has 0 aliphatic rings. The Bertz CT molecular complexity index is 1430. The first-order chi connectivity index (χ1) is 14.3. The van der Waals surface area contributed by atoms with Crippen LogP contribution in [-0.4, -0.2) is 15.0 Å². The molecule has 0 radical (unpaired) electrons. The van der Waals surface area contributed by atoms with Gasteiger partial charge in [0.15, 0.2) is 6.20 Å². The molecule has 0 atom stereocenters. The quantitative estimate of drug-likeness (QED) is 0.368. The van der Waals surface area contributed by atoms with Gasteiger partial charge in [-0.25, -0.2) is 15.0 Å².